The maximum atomic E-state index is 3.94. The van der Waals surface area contributed by atoms with Crippen molar-refractivity contribution in [2.45, 2.75) is 90.0 Å². The number of allylic oxidation sites excluding steroid dienone is 6. The van der Waals surface area contributed by atoms with Crippen molar-refractivity contribution < 1.29 is 0 Å². The van der Waals surface area contributed by atoms with Crippen LogP contribution in [-0.4, -0.2) is 17.7 Å². The molecule has 3 aliphatic rings. The van der Waals surface area contributed by atoms with Gasteiger partial charge in [-0.3, -0.25) is 0 Å². The van der Waals surface area contributed by atoms with Gasteiger partial charge in [-0.05, 0) is 53.9 Å². The van der Waals surface area contributed by atoms with Gasteiger partial charge in [0.05, 0.1) is 0 Å². The summed E-state index contributed by atoms with van der Waals surface area (Å²) in [5, 5.41) is 0. The van der Waals surface area contributed by atoms with Gasteiger partial charge in [0, 0.05) is 12.0 Å². The normalized spacial score (nSPS) is 25.0. The summed E-state index contributed by atoms with van der Waals surface area (Å²) in [5.74, 6) is 1.05. The molecule has 3 atom stereocenters. The summed E-state index contributed by atoms with van der Waals surface area (Å²) in [7, 11) is 0. The molecule has 1 aromatic rings. The average molecular weight is 399 g/mol. The highest BCUT2D eigenvalue weighted by Gasteiger charge is 2.46. The maximum Gasteiger partial charge on any atom is 0.269 e. The molecule has 0 spiro atoms. The van der Waals surface area contributed by atoms with E-state index in [9.17, 15) is 0 Å². The third kappa shape index (κ3) is 3.80. The summed E-state index contributed by atoms with van der Waals surface area (Å²) < 4.78 is 0. The lowest BCUT2D eigenvalue weighted by Gasteiger charge is -2.45. The molecule has 4 rings (SSSR count). The van der Waals surface area contributed by atoms with Crippen LogP contribution in [0, 0.1) is 0 Å². The van der Waals surface area contributed by atoms with Crippen LogP contribution in [0.2, 0.25) is 5.82 Å². The molecule has 30 heavy (non-hydrogen) atoms. The number of nitrogens with zero attached hydrogens (tertiary/aromatic N) is 1. The molecule has 0 amide bonds. The lowest BCUT2D eigenvalue weighted by molar-refractivity contribution is 0.289. The van der Waals surface area contributed by atoms with Gasteiger partial charge >= 0.3 is 0 Å². The predicted octanol–water partition coefficient (Wildman–Crippen LogP) is 7.90. The topological polar surface area (TPSA) is 3.24 Å². The van der Waals surface area contributed by atoms with Crippen molar-refractivity contribution in [2.24, 2.45) is 0 Å². The lowest BCUT2D eigenvalue weighted by atomic mass is 9.41. The van der Waals surface area contributed by atoms with E-state index in [1.54, 1.807) is 16.6 Å². The highest BCUT2D eigenvalue weighted by Crippen LogP contribution is 2.51. The van der Waals surface area contributed by atoms with Crippen molar-refractivity contribution in [1.82, 2.24) is 4.81 Å². The van der Waals surface area contributed by atoms with Crippen molar-refractivity contribution in [1.29, 1.82) is 0 Å². The minimum Gasteiger partial charge on any atom is -0.329 e. The van der Waals surface area contributed by atoms with Crippen LogP contribution in [0.5, 0.6) is 0 Å². The van der Waals surface area contributed by atoms with Gasteiger partial charge in [0.25, 0.3) is 6.85 Å². The fraction of sp³-hybridized carbons (Fsp3) is 0.500. The molecule has 0 saturated heterocycles. The summed E-state index contributed by atoms with van der Waals surface area (Å²) in [5.41, 5.74) is 7.73. The molecule has 2 aliphatic carbocycles. The Morgan fingerprint density at radius 3 is 2.67 bits per heavy atom. The number of benzene rings is 1. The Hall–Kier alpha value is -1.80. The van der Waals surface area contributed by atoms with Crippen LogP contribution in [0.1, 0.15) is 94.9 Å². The molecular formula is C28H38BN. The number of unbranched alkanes of at least 4 members (excludes halogenated alkanes) is 3. The zero-order valence-corrected chi connectivity index (χ0v) is 19.4. The van der Waals surface area contributed by atoms with Crippen LogP contribution < -0.4 is 0 Å². The highest BCUT2D eigenvalue weighted by molar-refractivity contribution is 6.79. The van der Waals surface area contributed by atoms with Gasteiger partial charge in [-0.15, -0.1) is 6.58 Å². The van der Waals surface area contributed by atoms with E-state index in [0.29, 0.717) is 30.7 Å². The molecule has 0 saturated carbocycles. The second-order valence-electron chi connectivity index (χ2n) is 9.72. The number of hydrogen-bond acceptors (Lipinski definition) is 1. The first-order valence-electron chi connectivity index (χ1n) is 12.2. The first kappa shape index (κ1) is 21.4. The van der Waals surface area contributed by atoms with Crippen molar-refractivity contribution in [3.8, 4) is 0 Å². The summed E-state index contributed by atoms with van der Waals surface area (Å²) in [4.78, 5) is 2.76. The van der Waals surface area contributed by atoms with E-state index in [2.05, 4.69) is 81.6 Å². The van der Waals surface area contributed by atoms with Crippen LogP contribution in [0.25, 0.3) is 5.47 Å². The smallest absolute Gasteiger partial charge is 0.269 e. The van der Waals surface area contributed by atoms with Gasteiger partial charge in [-0.2, -0.15) is 0 Å². The molecule has 158 valence electrons. The van der Waals surface area contributed by atoms with Gasteiger partial charge in [0.1, 0.15) is 0 Å². The van der Waals surface area contributed by atoms with Crippen molar-refractivity contribution >= 4 is 12.3 Å². The van der Waals surface area contributed by atoms with Crippen molar-refractivity contribution in [3.05, 3.63) is 77.4 Å². The molecule has 3 unspecified atom stereocenters. The maximum absolute atomic E-state index is 3.94. The van der Waals surface area contributed by atoms with Gasteiger partial charge in [0.2, 0.25) is 0 Å². The highest BCUT2D eigenvalue weighted by atomic mass is 15.1. The molecule has 1 nitrogen and oxygen atoms in total. The Morgan fingerprint density at radius 2 is 1.93 bits per heavy atom. The number of rotatable bonds is 9. The Labute approximate surface area is 184 Å². The van der Waals surface area contributed by atoms with E-state index in [0.717, 1.165) is 6.42 Å². The summed E-state index contributed by atoms with van der Waals surface area (Å²) in [6.07, 6.45) is 19.6. The Kier molecular flexibility index (Phi) is 6.53. The average Bonchev–Trinajstić information content (AvgIpc) is 3.34. The van der Waals surface area contributed by atoms with Crippen LogP contribution in [0.4, 0.5) is 0 Å². The minimum atomic E-state index is 0.438. The molecular weight excluding hydrogens is 361 g/mol. The molecule has 0 radical (unpaired) electrons. The molecule has 0 N–H and O–H groups in total. The first-order valence-corrected chi connectivity index (χ1v) is 12.2. The summed E-state index contributed by atoms with van der Waals surface area (Å²) >= 11 is 0. The molecule has 0 fully saturated rings. The Balaban J connectivity index is 1.73. The zero-order valence-electron chi connectivity index (χ0n) is 19.4. The van der Waals surface area contributed by atoms with E-state index in [4.69, 9.17) is 0 Å². The third-order valence-corrected chi connectivity index (χ3v) is 7.38. The second-order valence-corrected chi connectivity index (χ2v) is 9.72. The standard InChI is InChI=1S/C28H38BN/c1-6-8-9-10-13-23-19-27-28-25(14-11-15-26(23)28)21(5)30(20(3)4)29(27)24-17-16-22(18-24)12-7-2/h7,11,14-21,23-24H,2,6,8-10,12-13H2,1,3-5H3. The van der Waals surface area contributed by atoms with Crippen molar-refractivity contribution in [3.63, 3.8) is 0 Å². The largest absolute Gasteiger partial charge is 0.329 e. The van der Waals surface area contributed by atoms with E-state index in [1.165, 1.54) is 43.2 Å². The fourth-order valence-electron chi connectivity index (χ4n) is 6.07. The minimum absolute atomic E-state index is 0.438. The Bertz CT molecular complexity index is 875. The van der Waals surface area contributed by atoms with Crippen LogP contribution in [0.15, 0.2) is 60.7 Å². The quantitative estimate of drug-likeness (QED) is 0.232. The molecule has 2 heteroatoms. The van der Waals surface area contributed by atoms with Crippen LogP contribution in [-0.2, 0) is 0 Å². The SMILES string of the molecule is C=CCC1=CC(B2C3=CC(CCCCCC)c4cccc(c43)C(C)N2C(C)C)C=C1. The van der Waals surface area contributed by atoms with E-state index >= 15 is 0 Å². The van der Waals surface area contributed by atoms with Crippen LogP contribution >= 0.6 is 0 Å². The lowest BCUT2D eigenvalue weighted by Crippen LogP contribution is -2.51. The van der Waals surface area contributed by atoms with Gasteiger partial charge in [-0.1, -0.05) is 101 Å². The molecule has 1 heterocycles. The van der Waals surface area contributed by atoms with Crippen LogP contribution in [0.3, 0.4) is 0 Å². The molecule has 1 aromatic carbocycles. The van der Waals surface area contributed by atoms with Gasteiger partial charge < -0.3 is 4.81 Å². The summed E-state index contributed by atoms with van der Waals surface area (Å²) in [6.45, 7) is 13.8. The summed E-state index contributed by atoms with van der Waals surface area (Å²) in [6, 6.07) is 8.05. The first-order chi connectivity index (χ1) is 14.6. The van der Waals surface area contributed by atoms with E-state index in [-0.39, 0.29) is 0 Å². The monoisotopic (exact) mass is 399 g/mol. The fourth-order valence-corrected chi connectivity index (χ4v) is 6.07. The number of hydrogen-bond donors (Lipinski definition) is 0. The Morgan fingerprint density at radius 1 is 1.13 bits per heavy atom. The molecule has 0 aromatic heterocycles. The molecule has 0 bridgehead atoms. The van der Waals surface area contributed by atoms with Gasteiger partial charge in [-0.25, -0.2) is 0 Å². The predicted molar refractivity (Wildman–Crippen MR) is 133 cm³/mol. The van der Waals surface area contributed by atoms with Gasteiger partial charge in [0.15, 0.2) is 0 Å². The van der Waals surface area contributed by atoms with Crippen molar-refractivity contribution in [2.75, 3.05) is 0 Å². The zero-order chi connectivity index (χ0) is 21.3. The molecule has 1 aliphatic heterocycles. The third-order valence-electron chi connectivity index (χ3n) is 7.38. The second kappa shape index (κ2) is 9.14. The van der Waals surface area contributed by atoms with E-state index in [1.807, 2.05) is 6.08 Å². The van der Waals surface area contributed by atoms with E-state index < -0.39 is 0 Å².